The highest BCUT2D eigenvalue weighted by Crippen LogP contribution is 2.68. The van der Waals surface area contributed by atoms with Crippen LogP contribution in [0.2, 0.25) is 18.1 Å². The molecule has 4 nitrogen and oxygen atoms in total. The summed E-state index contributed by atoms with van der Waals surface area (Å²) in [4.78, 5) is 0. The zero-order chi connectivity index (χ0) is 26.6. The van der Waals surface area contributed by atoms with E-state index in [1.165, 1.54) is 19.3 Å². The molecule has 3 aliphatic carbocycles. The van der Waals surface area contributed by atoms with E-state index in [4.69, 9.17) is 8.58 Å². The van der Waals surface area contributed by atoms with Crippen LogP contribution in [-0.2, 0) is 14.4 Å². The first-order chi connectivity index (χ1) is 16.5. The average molecular weight is 552 g/mol. The van der Waals surface area contributed by atoms with E-state index in [2.05, 4.69) is 66.5 Å². The van der Waals surface area contributed by atoms with Gasteiger partial charge < -0.3 is 4.43 Å². The molecule has 2 bridgehead atoms. The molecule has 0 saturated heterocycles. The van der Waals surface area contributed by atoms with Gasteiger partial charge >= 0.3 is 0 Å². The predicted molar refractivity (Wildman–Crippen MR) is 158 cm³/mol. The molecule has 3 fully saturated rings. The lowest BCUT2D eigenvalue weighted by atomic mass is 9.70. The van der Waals surface area contributed by atoms with E-state index in [-0.39, 0.29) is 27.7 Å². The van der Waals surface area contributed by atoms with Crippen LogP contribution in [0.5, 0.6) is 0 Å². The minimum absolute atomic E-state index is 0.00751. The Labute approximate surface area is 222 Å². The third-order valence-corrected chi connectivity index (χ3v) is 21.9. The van der Waals surface area contributed by atoms with Crippen LogP contribution in [-0.4, -0.2) is 40.9 Å². The second-order valence-corrected chi connectivity index (χ2v) is 24.3. The smallest absolute Gasteiger partial charge is 0.252 e. The molecule has 0 N–H and O–H groups in total. The first kappa shape index (κ1) is 28.6. The molecule has 0 amide bonds. The summed E-state index contributed by atoms with van der Waals surface area (Å²) in [6.45, 7) is 18.2. The van der Waals surface area contributed by atoms with Crippen LogP contribution in [0, 0.1) is 16.7 Å². The van der Waals surface area contributed by atoms with E-state index in [9.17, 15) is 8.42 Å². The molecule has 1 aromatic rings. The third kappa shape index (κ3) is 4.98. The second kappa shape index (κ2) is 9.64. The van der Waals surface area contributed by atoms with Crippen molar-refractivity contribution in [2.45, 2.75) is 116 Å². The molecule has 1 unspecified atom stereocenters. The lowest BCUT2D eigenvalue weighted by Gasteiger charge is -2.47. The van der Waals surface area contributed by atoms with E-state index in [0.717, 1.165) is 37.4 Å². The fourth-order valence-electron chi connectivity index (χ4n) is 7.29. The number of rotatable bonds is 7. The first-order valence-electron chi connectivity index (χ1n) is 14.1. The molecule has 0 heterocycles. The Morgan fingerprint density at radius 3 is 2.22 bits per heavy atom. The summed E-state index contributed by atoms with van der Waals surface area (Å²) in [6.07, 6.45) is 8.84. The molecule has 3 aliphatic rings. The van der Waals surface area contributed by atoms with Crippen LogP contribution in [0.4, 0.5) is 0 Å². The molecular formula is C29H50NO3PSSi. The Kier molecular flexibility index (Phi) is 7.66. The molecule has 0 radical (unpaired) electrons. The summed E-state index contributed by atoms with van der Waals surface area (Å²) in [5.41, 5.74) is -0.0494. The van der Waals surface area contributed by atoms with Gasteiger partial charge in [-0.25, -0.2) is 8.42 Å². The zero-order valence-corrected chi connectivity index (χ0v) is 26.7. The molecule has 4 rings (SSSR count). The highest BCUT2D eigenvalue weighted by molar-refractivity contribution is 7.95. The number of benzene rings is 1. The van der Waals surface area contributed by atoms with Crippen LogP contribution in [0.1, 0.15) is 86.0 Å². The van der Waals surface area contributed by atoms with Gasteiger partial charge in [-0.3, -0.25) is 0 Å². The van der Waals surface area contributed by atoms with Gasteiger partial charge in [0.15, 0.2) is 8.32 Å². The maximum Gasteiger partial charge on any atom is 0.252 e. The van der Waals surface area contributed by atoms with Gasteiger partial charge in [-0.2, -0.15) is 4.15 Å². The van der Waals surface area contributed by atoms with Gasteiger partial charge in [0.05, 0.1) is 11.9 Å². The summed E-state index contributed by atoms with van der Waals surface area (Å²) in [6, 6.07) is 10.3. The lowest BCUT2D eigenvalue weighted by molar-refractivity contribution is 0.0237. The number of hydrogen-bond acceptors (Lipinski definition) is 3. The van der Waals surface area contributed by atoms with E-state index in [1.807, 2.05) is 18.2 Å². The van der Waals surface area contributed by atoms with Crippen LogP contribution in [0.3, 0.4) is 0 Å². The lowest BCUT2D eigenvalue weighted by Crippen LogP contribution is -2.52. The van der Waals surface area contributed by atoms with Crippen molar-refractivity contribution in [2.75, 3.05) is 12.4 Å². The second-order valence-electron chi connectivity index (χ2n) is 14.2. The van der Waals surface area contributed by atoms with Crippen molar-refractivity contribution in [1.29, 1.82) is 0 Å². The summed E-state index contributed by atoms with van der Waals surface area (Å²) in [5, 5.41) is 1.24. The minimum Gasteiger partial charge on any atom is -0.413 e. The van der Waals surface area contributed by atoms with E-state index in [1.54, 1.807) is 0 Å². The zero-order valence-electron chi connectivity index (χ0n) is 24.0. The fraction of sp³-hybridized carbons (Fsp3) is 0.793. The maximum atomic E-state index is 14.2. The number of sulfonamides is 1. The Morgan fingerprint density at radius 1 is 1.06 bits per heavy atom. The molecule has 4 atom stereocenters. The molecule has 1 aromatic carbocycles. The van der Waals surface area contributed by atoms with E-state index >= 15 is 0 Å². The Morgan fingerprint density at radius 2 is 1.67 bits per heavy atom. The first-order valence-corrected chi connectivity index (χ1v) is 20.9. The van der Waals surface area contributed by atoms with Gasteiger partial charge in [0, 0.05) is 12.5 Å². The molecular weight excluding hydrogens is 501 g/mol. The van der Waals surface area contributed by atoms with Crippen molar-refractivity contribution in [3.05, 3.63) is 30.3 Å². The van der Waals surface area contributed by atoms with Gasteiger partial charge in [0.25, 0.3) is 10.0 Å². The highest BCUT2D eigenvalue weighted by Gasteiger charge is 2.66. The Bertz CT molecular complexity index is 1100. The van der Waals surface area contributed by atoms with Crippen molar-refractivity contribution in [3.8, 4) is 0 Å². The molecule has 204 valence electrons. The van der Waals surface area contributed by atoms with Crippen LogP contribution in [0.15, 0.2) is 34.5 Å². The standard InChI is InChI=1S/C29H50NO3PSSi/c1-27(2,3)36(7,8)33-26-21-23-19-20-29(26,28(23,4)5)22-35(31,32)30-34(6,24-15-11-9-12-16-24)25-17-13-10-14-18-25/h9,11-12,15-16,23,25-26H,10,13-14,17-22H2,1-8H3/t23-,26-,29-,34?/m1/s1. The number of nitrogens with zero attached hydrogens (tertiary/aromatic N) is 1. The highest BCUT2D eigenvalue weighted by atomic mass is 32.2. The van der Waals surface area contributed by atoms with Crippen LogP contribution < -0.4 is 5.30 Å². The van der Waals surface area contributed by atoms with Crippen LogP contribution >= 0.6 is 7.05 Å². The van der Waals surface area contributed by atoms with Gasteiger partial charge in [0.1, 0.15) is 0 Å². The van der Waals surface area contributed by atoms with Crippen molar-refractivity contribution < 1.29 is 12.8 Å². The molecule has 3 saturated carbocycles. The maximum absolute atomic E-state index is 14.2. The topological polar surface area (TPSA) is 55.7 Å². The van der Waals surface area contributed by atoms with Gasteiger partial charge in [0.2, 0.25) is 0 Å². The molecule has 36 heavy (non-hydrogen) atoms. The van der Waals surface area contributed by atoms with Crippen molar-refractivity contribution in [1.82, 2.24) is 0 Å². The van der Waals surface area contributed by atoms with Crippen molar-refractivity contribution in [3.63, 3.8) is 0 Å². The van der Waals surface area contributed by atoms with Crippen molar-refractivity contribution >= 4 is 30.7 Å². The van der Waals surface area contributed by atoms with Gasteiger partial charge in [-0.15, -0.1) is 0 Å². The summed E-state index contributed by atoms with van der Waals surface area (Å²) < 4.78 is 40.5. The van der Waals surface area contributed by atoms with Gasteiger partial charge in [-0.05, 0) is 79.2 Å². The summed E-state index contributed by atoms with van der Waals surface area (Å²) in [7, 11) is -7.91. The molecule has 0 aliphatic heterocycles. The quantitative estimate of drug-likeness (QED) is 0.255. The Balaban J connectivity index is 1.75. The summed E-state index contributed by atoms with van der Waals surface area (Å²) >= 11 is 0. The largest absolute Gasteiger partial charge is 0.413 e. The number of hydrogen-bond donors (Lipinski definition) is 0. The normalized spacial score (nSPS) is 30.8. The van der Waals surface area contributed by atoms with Crippen molar-refractivity contribution in [2.24, 2.45) is 20.9 Å². The molecule has 7 heteroatoms. The van der Waals surface area contributed by atoms with E-state index < -0.39 is 25.4 Å². The monoisotopic (exact) mass is 551 g/mol. The van der Waals surface area contributed by atoms with E-state index in [0.29, 0.717) is 11.6 Å². The summed E-state index contributed by atoms with van der Waals surface area (Å²) in [5.74, 6) is 0.661. The van der Waals surface area contributed by atoms with Crippen LogP contribution in [0.25, 0.3) is 0 Å². The number of fused-ring (bicyclic) bond motifs is 2. The SMILES string of the molecule is CC1(C)[C@@H]2CC[C@@]1(CS(=O)(=O)N=P(C)(c1ccccc1)C1CCCCC1)[C@H](O[Si](C)(C)C(C)(C)C)C2. The third-order valence-electron chi connectivity index (χ3n) is 10.9. The fourth-order valence-corrected chi connectivity index (χ4v) is 15.8. The molecule has 0 aromatic heterocycles. The molecule has 0 spiro atoms. The minimum atomic E-state index is -3.65. The predicted octanol–water partition coefficient (Wildman–Crippen LogP) is 8.02. The Hall–Kier alpha value is -0.423. The average Bonchev–Trinajstić information content (AvgIpc) is 3.13. The van der Waals surface area contributed by atoms with Gasteiger partial charge in [-0.1, -0.05) is 84.2 Å².